The molecule has 1 atom stereocenters. The first-order chi connectivity index (χ1) is 10.8. The maximum Gasteiger partial charge on any atom is 0.114 e. The molecule has 114 valence electrons. The molecule has 0 bridgehead atoms. The summed E-state index contributed by atoms with van der Waals surface area (Å²) in [6.07, 6.45) is 4.46. The fourth-order valence-corrected chi connectivity index (χ4v) is 4.12. The number of imidazole rings is 1. The Bertz CT molecular complexity index is 762. The van der Waals surface area contributed by atoms with Gasteiger partial charge in [-0.1, -0.05) is 12.1 Å². The van der Waals surface area contributed by atoms with Gasteiger partial charge in [-0.15, -0.1) is 11.3 Å². The number of likely N-dealkylation sites (tertiary alicyclic amines) is 1. The van der Waals surface area contributed by atoms with Gasteiger partial charge in [-0.05, 0) is 31.5 Å². The number of nitrogens with zero attached hydrogens (tertiary/aromatic N) is 4. The van der Waals surface area contributed by atoms with E-state index < -0.39 is 0 Å². The summed E-state index contributed by atoms with van der Waals surface area (Å²) in [4.78, 5) is 13.0. The van der Waals surface area contributed by atoms with Crippen molar-refractivity contribution in [2.45, 2.75) is 25.3 Å². The Morgan fingerprint density at radius 3 is 3.05 bits per heavy atom. The van der Waals surface area contributed by atoms with E-state index in [0.29, 0.717) is 5.92 Å². The summed E-state index contributed by atoms with van der Waals surface area (Å²) in [6.45, 7) is 3.29. The molecule has 1 fully saturated rings. The van der Waals surface area contributed by atoms with Crippen molar-refractivity contribution in [1.82, 2.24) is 19.4 Å². The van der Waals surface area contributed by atoms with Crippen molar-refractivity contribution in [1.29, 1.82) is 0 Å². The van der Waals surface area contributed by atoms with E-state index in [0.717, 1.165) is 18.6 Å². The van der Waals surface area contributed by atoms with Gasteiger partial charge in [0, 0.05) is 37.1 Å². The van der Waals surface area contributed by atoms with Crippen LogP contribution in [0.5, 0.6) is 0 Å². The first kappa shape index (κ1) is 13.9. The molecular formula is C17H20N4S. The summed E-state index contributed by atoms with van der Waals surface area (Å²) < 4.78 is 2.27. The number of rotatable bonds is 3. The molecule has 0 saturated carbocycles. The predicted octanol–water partition coefficient (Wildman–Crippen LogP) is 3.41. The third-order valence-corrected chi connectivity index (χ3v) is 5.32. The zero-order valence-corrected chi connectivity index (χ0v) is 13.6. The van der Waals surface area contributed by atoms with Crippen molar-refractivity contribution in [3.63, 3.8) is 0 Å². The lowest BCUT2D eigenvalue weighted by atomic mass is 9.97. The Balaban J connectivity index is 1.57. The summed E-state index contributed by atoms with van der Waals surface area (Å²) in [5.41, 5.74) is 4.26. The highest BCUT2D eigenvalue weighted by atomic mass is 32.1. The third kappa shape index (κ3) is 2.55. The molecule has 1 aromatic carbocycles. The summed E-state index contributed by atoms with van der Waals surface area (Å²) in [5.74, 6) is 1.76. The molecule has 1 aliphatic heterocycles. The van der Waals surface area contributed by atoms with Gasteiger partial charge in [0.1, 0.15) is 5.82 Å². The molecule has 3 heterocycles. The van der Waals surface area contributed by atoms with Crippen molar-refractivity contribution < 1.29 is 0 Å². The Labute approximate surface area is 134 Å². The first-order valence-corrected chi connectivity index (χ1v) is 8.70. The normalized spacial score (nSPS) is 19.8. The number of thiazole rings is 1. The molecule has 2 aromatic heterocycles. The van der Waals surface area contributed by atoms with Crippen molar-refractivity contribution in [3.8, 4) is 0 Å². The van der Waals surface area contributed by atoms with Crippen LogP contribution in [0.3, 0.4) is 0 Å². The molecule has 0 aliphatic carbocycles. The van der Waals surface area contributed by atoms with E-state index in [1.54, 1.807) is 11.3 Å². The quantitative estimate of drug-likeness (QED) is 0.743. The largest absolute Gasteiger partial charge is 0.331 e. The highest BCUT2D eigenvalue weighted by Gasteiger charge is 2.25. The van der Waals surface area contributed by atoms with Crippen molar-refractivity contribution in [2.24, 2.45) is 7.05 Å². The summed E-state index contributed by atoms with van der Waals surface area (Å²) in [6, 6.07) is 8.42. The van der Waals surface area contributed by atoms with Crippen LogP contribution in [0.2, 0.25) is 0 Å². The van der Waals surface area contributed by atoms with E-state index in [1.165, 1.54) is 35.6 Å². The first-order valence-electron chi connectivity index (χ1n) is 7.82. The second-order valence-corrected chi connectivity index (χ2v) is 7.03. The minimum atomic E-state index is 0.527. The van der Waals surface area contributed by atoms with Gasteiger partial charge in [0.05, 0.1) is 16.5 Å². The number of hydrogen-bond donors (Lipinski definition) is 0. The van der Waals surface area contributed by atoms with E-state index in [2.05, 4.69) is 45.8 Å². The van der Waals surface area contributed by atoms with E-state index >= 15 is 0 Å². The minimum Gasteiger partial charge on any atom is -0.331 e. The van der Waals surface area contributed by atoms with Crippen LogP contribution in [0.1, 0.15) is 29.5 Å². The standard InChI is InChI=1S/C17H20N4S/c1-20-16-7-3-2-6-15(16)19-17(20)13-5-4-8-21(10-13)11-14-9-18-12-22-14/h2-3,6-7,9,12-13H,4-5,8,10-11H2,1H3/t13-/m1/s1. The maximum absolute atomic E-state index is 4.89. The van der Waals surface area contributed by atoms with Crippen LogP contribution in [-0.2, 0) is 13.6 Å². The fourth-order valence-electron chi connectivity index (χ4n) is 3.48. The predicted molar refractivity (Wildman–Crippen MR) is 90.1 cm³/mol. The van der Waals surface area contributed by atoms with Crippen LogP contribution in [0.15, 0.2) is 36.0 Å². The molecule has 0 spiro atoms. The number of aryl methyl sites for hydroxylation is 1. The highest BCUT2D eigenvalue weighted by Crippen LogP contribution is 2.29. The molecule has 1 saturated heterocycles. The molecule has 0 unspecified atom stereocenters. The summed E-state index contributed by atoms with van der Waals surface area (Å²) in [7, 11) is 2.15. The number of aromatic nitrogens is 3. The van der Waals surface area contributed by atoms with Gasteiger partial charge in [-0.25, -0.2) is 4.98 Å². The average molecular weight is 312 g/mol. The average Bonchev–Trinajstić information content (AvgIpc) is 3.16. The van der Waals surface area contributed by atoms with Crippen LogP contribution >= 0.6 is 11.3 Å². The third-order valence-electron chi connectivity index (χ3n) is 4.56. The zero-order chi connectivity index (χ0) is 14.9. The summed E-state index contributed by atoms with van der Waals surface area (Å²) in [5, 5.41) is 0. The topological polar surface area (TPSA) is 34.0 Å². The lowest BCUT2D eigenvalue weighted by Gasteiger charge is -2.32. The van der Waals surface area contributed by atoms with Gasteiger partial charge in [-0.2, -0.15) is 0 Å². The molecule has 4 rings (SSSR count). The monoisotopic (exact) mass is 312 g/mol. The van der Waals surface area contributed by atoms with Gasteiger partial charge in [0.25, 0.3) is 0 Å². The molecule has 5 heteroatoms. The molecule has 3 aromatic rings. The number of para-hydroxylation sites is 2. The van der Waals surface area contributed by atoms with Crippen LogP contribution in [0.4, 0.5) is 0 Å². The molecular weight excluding hydrogens is 292 g/mol. The maximum atomic E-state index is 4.89. The smallest absolute Gasteiger partial charge is 0.114 e. The van der Waals surface area contributed by atoms with E-state index in [-0.39, 0.29) is 0 Å². The van der Waals surface area contributed by atoms with Gasteiger partial charge in [-0.3, -0.25) is 9.88 Å². The number of fused-ring (bicyclic) bond motifs is 1. The van der Waals surface area contributed by atoms with Gasteiger partial charge < -0.3 is 4.57 Å². The zero-order valence-electron chi connectivity index (χ0n) is 12.8. The van der Waals surface area contributed by atoms with Crippen molar-refractivity contribution in [3.05, 3.63) is 46.7 Å². The molecule has 0 radical (unpaired) electrons. The highest BCUT2D eigenvalue weighted by molar-refractivity contribution is 7.09. The molecule has 1 aliphatic rings. The fraction of sp³-hybridized carbons (Fsp3) is 0.412. The van der Waals surface area contributed by atoms with Gasteiger partial charge in [0.15, 0.2) is 0 Å². The molecule has 4 nitrogen and oxygen atoms in total. The Morgan fingerprint density at radius 1 is 1.32 bits per heavy atom. The number of hydrogen-bond acceptors (Lipinski definition) is 4. The molecule has 22 heavy (non-hydrogen) atoms. The van der Waals surface area contributed by atoms with E-state index in [4.69, 9.17) is 4.98 Å². The lowest BCUT2D eigenvalue weighted by molar-refractivity contribution is 0.197. The Hall–Kier alpha value is -1.72. The van der Waals surface area contributed by atoms with Crippen molar-refractivity contribution >= 4 is 22.4 Å². The minimum absolute atomic E-state index is 0.527. The second kappa shape index (κ2) is 5.82. The Morgan fingerprint density at radius 2 is 2.23 bits per heavy atom. The number of piperidine rings is 1. The summed E-state index contributed by atoms with van der Waals surface area (Å²) >= 11 is 1.75. The van der Waals surface area contributed by atoms with Crippen LogP contribution in [-0.4, -0.2) is 32.5 Å². The SMILES string of the molecule is Cn1c([C@@H]2CCCN(Cc3cncs3)C2)nc2ccccc21. The molecule has 0 N–H and O–H groups in total. The Kier molecular flexibility index (Phi) is 3.68. The molecule has 0 amide bonds. The van der Waals surface area contributed by atoms with Gasteiger partial charge >= 0.3 is 0 Å². The second-order valence-electron chi connectivity index (χ2n) is 6.06. The van der Waals surface area contributed by atoms with E-state index in [1.807, 2.05) is 11.7 Å². The van der Waals surface area contributed by atoms with E-state index in [9.17, 15) is 0 Å². The van der Waals surface area contributed by atoms with Crippen LogP contribution in [0.25, 0.3) is 11.0 Å². The van der Waals surface area contributed by atoms with Crippen LogP contribution < -0.4 is 0 Å². The van der Waals surface area contributed by atoms with Gasteiger partial charge in [0.2, 0.25) is 0 Å². The lowest BCUT2D eigenvalue weighted by Crippen LogP contribution is -2.34. The number of benzene rings is 1. The van der Waals surface area contributed by atoms with Crippen molar-refractivity contribution in [2.75, 3.05) is 13.1 Å². The van der Waals surface area contributed by atoms with Crippen LogP contribution in [0, 0.1) is 0 Å².